The van der Waals surface area contributed by atoms with Crippen molar-refractivity contribution in [2.45, 2.75) is 13.3 Å². The number of carboxylic acid groups (broad SMARTS) is 1. The Labute approximate surface area is 105 Å². The molecule has 0 saturated carbocycles. The molecule has 5 nitrogen and oxygen atoms in total. The molecule has 1 atom stereocenters. The predicted octanol–water partition coefficient (Wildman–Crippen LogP) is 1.34. The van der Waals surface area contributed by atoms with Gasteiger partial charge in [0.05, 0.1) is 12.3 Å². The Kier molecular flexibility index (Phi) is 3.23. The zero-order chi connectivity index (χ0) is 13.3. The quantitative estimate of drug-likeness (QED) is 0.843. The molecule has 0 spiro atoms. The number of nitrogens with zero attached hydrogens (tertiary/aromatic N) is 1. The van der Waals surface area contributed by atoms with Crippen molar-refractivity contribution in [3.05, 3.63) is 23.8 Å². The van der Waals surface area contributed by atoms with Crippen LogP contribution in [0.5, 0.6) is 0 Å². The van der Waals surface area contributed by atoms with Crippen LogP contribution in [0.25, 0.3) is 0 Å². The Morgan fingerprint density at radius 3 is 2.94 bits per heavy atom. The third-order valence-electron chi connectivity index (χ3n) is 3.12. The minimum Gasteiger partial charge on any atom is -0.481 e. The maximum Gasteiger partial charge on any atom is 0.308 e. The molecule has 1 heterocycles. The van der Waals surface area contributed by atoms with Gasteiger partial charge in [0.15, 0.2) is 0 Å². The number of fused-ring (bicyclic) bond motifs is 1. The second-order valence-electron chi connectivity index (χ2n) is 4.69. The number of rotatable bonds is 4. The van der Waals surface area contributed by atoms with Crippen molar-refractivity contribution in [3.8, 4) is 0 Å². The number of aliphatic carboxylic acids is 1. The van der Waals surface area contributed by atoms with E-state index in [1.807, 2.05) is 30.1 Å². The highest BCUT2D eigenvalue weighted by molar-refractivity contribution is 5.99. The van der Waals surface area contributed by atoms with Gasteiger partial charge in [0.25, 0.3) is 0 Å². The monoisotopic (exact) mass is 248 g/mol. The zero-order valence-corrected chi connectivity index (χ0v) is 10.4. The second-order valence-corrected chi connectivity index (χ2v) is 4.69. The zero-order valence-electron chi connectivity index (χ0n) is 10.4. The number of amides is 1. The predicted molar refractivity (Wildman–Crippen MR) is 68.8 cm³/mol. The summed E-state index contributed by atoms with van der Waals surface area (Å²) in [5, 5.41) is 11.7. The summed E-state index contributed by atoms with van der Waals surface area (Å²) in [5.74, 6) is -1.23. The molecule has 18 heavy (non-hydrogen) atoms. The average molecular weight is 248 g/mol. The fourth-order valence-corrected chi connectivity index (χ4v) is 2.05. The summed E-state index contributed by atoms with van der Waals surface area (Å²) < 4.78 is 0. The van der Waals surface area contributed by atoms with Crippen LogP contribution in [-0.4, -0.2) is 30.6 Å². The Balaban J connectivity index is 2.12. The van der Waals surface area contributed by atoms with Gasteiger partial charge < -0.3 is 15.3 Å². The summed E-state index contributed by atoms with van der Waals surface area (Å²) in [4.78, 5) is 24.0. The highest BCUT2D eigenvalue weighted by Gasteiger charge is 2.19. The number of anilines is 2. The third kappa shape index (κ3) is 2.45. The molecule has 96 valence electrons. The number of carbonyl (C=O) groups is 2. The van der Waals surface area contributed by atoms with Crippen LogP contribution >= 0.6 is 0 Å². The van der Waals surface area contributed by atoms with Crippen LogP contribution in [0.1, 0.15) is 12.5 Å². The third-order valence-corrected chi connectivity index (χ3v) is 3.12. The maximum absolute atomic E-state index is 11.2. The molecule has 0 aromatic heterocycles. The summed E-state index contributed by atoms with van der Waals surface area (Å²) in [7, 11) is 1.85. The van der Waals surface area contributed by atoms with E-state index >= 15 is 0 Å². The molecule has 0 radical (unpaired) electrons. The maximum atomic E-state index is 11.2. The van der Waals surface area contributed by atoms with Crippen molar-refractivity contribution in [2.75, 3.05) is 23.8 Å². The van der Waals surface area contributed by atoms with Gasteiger partial charge in [-0.2, -0.15) is 0 Å². The fourth-order valence-electron chi connectivity index (χ4n) is 2.05. The van der Waals surface area contributed by atoms with Crippen molar-refractivity contribution in [2.24, 2.45) is 5.92 Å². The number of benzene rings is 1. The van der Waals surface area contributed by atoms with E-state index in [1.54, 1.807) is 6.92 Å². The van der Waals surface area contributed by atoms with Gasteiger partial charge in [-0.25, -0.2) is 0 Å². The van der Waals surface area contributed by atoms with E-state index in [2.05, 4.69) is 5.32 Å². The van der Waals surface area contributed by atoms with E-state index in [-0.39, 0.29) is 5.91 Å². The molecule has 1 aliphatic rings. The lowest BCUT2D eigenvalue weighted by molar-refractivity contribution is -0.140. The summed E-state index contributed by atoms with van der Waals surface area (Å²) in [6.45, 7) is 2.12. The van der Waals surface area contributed by atoms with Gasteiger partial charge in [0.1, 0.15) is 0 Å². The Hall–Kier alpha value is -2.04. The number of carbonyl (C=O) groups excluding carboxylic acids is 1. The number of hydrogen-bond acceptors (Lipinski definition) is 3. The summed E-state index contributed by atoms with van der Waals surface area (Å²) in [6.07, 6.45) is 0.394. The molecule has 1 aromatic rings. The number of hydrogen-bond donors (Lipinski definition) is 2. The molecule has 1 amide bonds. The van der Waals surface area contributed by atoms with Gasteiger partial charge in [-0.1, -0.05) is 6.92 Å². The minimum atomic E-state index is -0.806. The second kappa shape index (κ2) is 4.68. The molecule has 1 aliphatic heterocycles. The summed E-state index contributed by atoms with van der Waals surface area (Å²) in [5.41, 5.74) is 2.74. The van der Waals surface area contributed by atoms with Gasteiger partial charge in [0, 0.05) is 25.0 Å². The first-order chi connectivity index (χ1) is 8.47. The Morgan fingerprint density at radius 2 is 2.28 bits per heavy atom. The van der Waals surface area contributed by atoms with Crippen molar-refractivity contribution < 1.29 is 14.7 Å². The normalized spacial score (nSPS) is 14.9. The summed E-state index contributed by atoms with van der Waals surface area (Å²) in [6, 6.07) is 5.68. The average Bonchev–Trinajstić information content (AvgIpc) is 2.67. The van der Waals surface area contributed by atoms with Crippen molar-refractivity contribution in [3.63, 3.8) is 0 Å². The SMILES string of the molecule is CC(CN(C)c1ccc2c(c1)CC(=O)N2)C(=O)O. The van der Waals surface area contributed by atoms with Gasteiger partial charge in [-0.3, -0.25) is 9.59 Å². The first-order valence-corrected chi connectivity index (χ1v) is 5.84. The molecular weight excluding hydrogens is 232 g/mol. The van der Waals surface area contributed by atoms with E-state index in [9.17, 15) is 9.59 Å². The number of carboxylic acids is 1. The molecule has 0 aliphatic carbocycles. The lowest BCUT2D eigenvalue weighted by atomic mass is 10.1. The Morgan fingerprint density at radius 1 is 1.56 bits per heavy atom. The van der Waals surface area contributed by atoms with Crippen LogP contribution < -0.4 is 10.2 Å². The molecule has 5 heteroatoms. The molecule has 1 aromatic carbocycles. The van der Waals surface area contributed by atoms with Crippen LogP contribution in [0.2, 0.25) is 0 Å². The smallest absolute Gasteiger partial charge is 0.308 e. The van der Waals surface area contributed by atoms with Crippen molar-refractivity contribution in [1.29, 1.82) is 0 Å². The number of nitrogens with one attached hydrogen (secondary N) is 1. The van der Waals surface area contributed by atoms with E-state index < -0.39 is 11.9 Å². The van der Waals surface area contributed by atoms with E-state index in [0.29, 0.717) is 13.0 Å². The van der Waals surface area contributed by atoms with Crippen molar-refractivity contribution >= 4 is 23.3 Å². The topological polar surface area (TPSA) is 69.6 Å². The first-order valence-electron chi connectivity index (χ1n) is 5.84. The summed E-state index contributed by atoms with van der Waals surface area (Å²) >= 11 is 0. The Bertz CT molecular complexity index is 499. The van der Waals surface area contributed by atoms with E-state index in [4.69, 9.17) is 5.11 Å². The minimum absolute atomic E-state index is 0.00343. The van der Waals surface area contributed by atoms with Gasteiger partial charge in [0.2, 0.25) is 5.91 Å². The van der Waals surface area contributed by atoms with Crippen LogP contribution in [0.4, 0.5) is 11.4 Å². The van der Waals surface area contributed by atoms with Gasteiger partial charge in [-0.15, -0.1) is 0 Å². The lowest BCUT2D eigenvalue weighted by Crippen LogP contribution is -2.28. The molecule has 1 unspecified atom stereocenters. The van der Waals surface area contributed by atoms with Crippen LogP contribution in [-0.2, 0) is 16.0 Å². The van der Waals surface area contributed by atoms with E-state index in [0.717, 1.165) is 16.9 Å². The highest BCUT2D eigenvalue weighted by Crippen LogP contribution is 2.27. The fraction of sp³-hybridized carbons (Fsp3) is 0.385. The highest BCUT2D eigenvalue weighted by atomic mass is 16.4. The largest absolute Gasteiger partial charge is 0.481 e. The molecule has 0 bridgehead atoms. The van der Waals surface area contributed by atoms with Crippen LogP contribution in [0.15, 0.2) is 18.2 Å². The standard InChI is InChI=1S/C13H16N2O3/c1-8(13(17)18)7-15(2)10-3-4-11-9(5-10)6-12(16)14-11/h3-5,8H,6-7H2,1-2H3,(H,14,16)(H,17,18). The van der Waals surface area contributed by atoms with E-state index in [1.165, 1.54) is 0 Å². The first kappa shape index (κ1) is 12.4. The van der Waals surface area contributed by atoms with Crippen molar-refractivity contribution in [1.82, 2.24) is 0 Å². The van der Waals surface area contributed by atoms with Gasteiger partial charge in [-0.05, 0) is 23.8 Å². The van der Waals surface area contributed by atoms with Gasteiger partial charge >= 0.3 is 5.97 Å². The van der Waals surface area contributed by atoms with Crippen LogP contribution in [0.3, 0.4) is 0 Å². The molecule has 2 N–H and O–H groups in total. The lowest BCUT2D eigenvalue weighted by Gasteiger charge is -2.22. The molecular formula is C13H16N2O3. The van der Waals surface area contributed by atoms with Crippen LogP contribution in [0, 0.1) is 5.92 Å². The molecule has 0 saturated heterocycles. The molecule has 0 fully saturated rings. The molecule has 2 rings (SSSR count).